The van der Waals surface area contributed by atoms with Crippen molar-refractivity contribution >= 4 is 0 Å². The zero-order valence-electron chi connectivity index (χ0n) is 13.6. The first-order valence-electron chi connectivity index (χ1n) is 7.77. The summed E-state index contributed by atoms with van der Waals surface area (Å²) in [5, 5.41) is 3.47. The third kappa shape index (κ3) is 5.08. The molecule has 0 bridgehead atoms. The standard InChI is InChI=1S/C19H25NO2/c1-15(2)22-18-9-6-7-16(13-18)14-20-12-11-17-8-4-5-10-19(17)21-3/h4-10,13,15,20H,11-12,14H2,1-3H3. The van der Waals surface area contributed by atoms with Crippen molar-refractivity contribution in [3.05, 3.63) is 59.7 Å². The molecule has 1 N–H and O–H groups in total. The van der Waals surface area contributed by atoms with Crippen molar-refractivity contribution in [2.24, 2.45) is 0 Å². The molecule has 0 aromatic heterocycles. The molecule has 0 saturated carbocycles. The van der Waals surface area contributed by atoms with Crippen LogP contribution in [-0.2, 0) is 13.0 Å². The largest absolute Gasteiger partial charge is 0.496 e. The molecule has 2 aromatic rings. The van der Waals surface area contributed by atoms with Crippen molar-refractivity contribution in [1.29, 1.82) is 0 Å². The zero-order valence-corrected chi connectivity index (χ0v) is 13.6. The maximum Gasteiger partial charge on any atom is 0.122 e. The fourth-order valence-corrected chi connectivity index (χ4v) is 2.37. The topological polar surface area (TPSA) is 30.5 Å². The molecule has 0 saturated heterocycles. The minimum absolute atomic E-state index is 0.203. The first-order chi connectivity index (χ1) is 10.7. The highest BCUT2D eigenvalue weighted by molar-refractivity contribution is 5.33. The number of para-hydroxylation sites is 1. The lowest BCUT2D eigenvalue weighted by Gasteiger charge is -2.12. The van der Waals surface area contributed by atoms with Crippen LogP contribution in [0, 0.1) is 0 Å². The predicted molar refractivity (Wildman–Crippen MR) is 90.6 cm³/mol. The van der Waals surface area contributed by atoms with E-state index in [-0.39, 0.29) is 6.10 Å². The van der Waals surface area contributed by atoms with Gasteiger partial charge in [-0.1, -0.05) is 30.3 Å². The molecule has 0 heterocycles. The van der Waals surface area contributed by atoms with Gasteiger partial charge in [0, 0.05) is 6.54 Å². The Morgan fingerprint density at radius 3 is 2.64 bits per heavy atom. The Hall–Kier alpha value is -2.00. The van der Waals surface area contributed by atoms with E-state index in [1.807, 2.05) is 44.2 Å². The van der Waals surface area contributed by atoms with Crippen molar-refractivity contribution in [2.75, 3.05) is 13.7 Å². The summed E-state index contributed by atoms with van der Waals surface area (Å²) in [6.45, 7) is 5.83. The van der Waals surface area contributed by atoms with E-state index in [4.69, 9.17) is 9.47 Å². The van der Waals surface area contributed by atoms with Crippen LogP contribution in [0.3, 0.4) is 0 Å². The van der Waals surface area contributed by atoms with Crippen molar-refractivity contribution in [1.82, 2.24) is 5.32 Å². The number of nitrogens with one attached hydrogen (secondary N) is 1. The van der Waals surface area contributed by atoms with E-state index in [1.165, 1.54) is 11.1 Å². The maximum absolute atomic E-state index is 5.72. The molecule has 0 aliphatic rings. The molecule has 0 atom stereocenters. The van der Waals surface area contributed by atoms with Crippen LogP contribution in [0.1, 0.15) is 25.0 Å². The second-order valence-corrected chi connectivity index (χ2v) is 5.55. The van der Waals surface area contributed by atoms with Gasteiger partial charge in [0.25, 0.3) is 0 Å². The van der Waals surface area contributed by atoms with Crippen molar-refractivity contribution < 1.29 is 9.47 Å². The molecule has 0 aliphatic carbocycles. The van der Waals surface area contributed by atoms with E-state index in [1.54, 1.807) is 7.11 Å². The molecule has 0 spiro atoms. The van der Waals surface area contributed by atoms with Crippen LogP contribution >= 0.6 is 0 Å². The molecular formula is C19H25NO2. The van der Waals surface area contributed by atoms with Crippen LogP contribution in [0.15, 0.2) is 48.5 Å². The predicted octanol–water partition coefficient (Wildman–Crippen LogP) is 3.81. The van der Waals surface area contributed by atoms with Gasteiger partial charge in [0.05, 0.1) is 13.2 Å². The van der Waals surface area contributed by atoms with E-state index in [9.17, 15) is 0 Å². The van der Waals surface area contributed by atoms with Gasteiger partial charge in [-0.3, -0.25) is 0 Å². The van der Waals surface area contributed by atoms with Crippen molar-refractivity contribution in [2.45, 2.75) is 32.9 Å². The lowest BCUT2D eigenvalue weighted by Crippen LogP contribution is -2.17. The van der Waals surface area contributed by atoms with Gasteiger partial charge in [-0.05, 0) is 56.1 Å². The van der Waals surface area contributed by atoms with Gasteiger partial charge in [0.15, 0.2) is 0 Å². The highest BCUT2D eigenvalue weighted by atomic mass is 16.5. The minimum Gasteiger partial charge on any atom is -0.496 e. The number of ether oxygens (including phenoxy) is 2. The Morgan fingerprint density at radius 2 is 1.86 bits per heavy atom. The SMILES string of the molecule is COc1ccccc1CCNCc1cccc(OC(C)C)c1. The summed E-state index contributed by atoms with van der Waals surface area (Å²) in [5.74, 6) is 1.88. The van der Waals surface area contributed by atoms with Gasteiger partial charge in [-0.25, -0.2) is 0 Å². The molecule has 0 unspecified atom stereocenters. The summed E-state index contributed by atoms with van der Waals surface area (Å²) in [6, 6.07) is 16.4. The summed E-state index contributed by atoms with van der Waals surface area (Å²) in [5.41, 5.74) is 2.47. The number of benzene rings is 2. The van der Waals surface area contributed by atoms with Crippen LogP contribution in [0.5, 0.6) is 11.5 Å². The third-order valence-corrected chi connectivity index (χ3v) is 3.36. The molecule has 0 amide bonds. The average molecular weight is 299 g/mol. The van der Waals surface area contributed by atoms with Crippen molar-refractivity contribution in [3.8, 4) is 11.5 Å². The Morgan fingerprint density at radius 1 is 1.05 bits per heavy atom. The van der Waals surface area contributed by atoms with Gasteiger partial charge < -0.3 is 14.8 Å². The Labute approximate surface area is 133 Å². The van der Waals surface area contributed by atoms with Crippen LogP contribution < -0.4 is 14.8 Å². The van der Waals surface area contributed by atoms with Crippen LogP contribution in [0.4, 0.5) is 0 Å². The molecule has 3 nitrogen and oxygen atoms in total. The second-order valence-electron chi connectivity index (χ2n) is 5.55. The molecule has 22 heavy (non-hydrogen) atoms. The summed E-state index contributed by atoms with van der Waals surface area (Å²) < 4.78 is 11.1. The van der Waals surface area contributed by atoms with Crippen LogP contribution in [0.2, 0.25) is 0 Å². The Kier molecular flexibility index (Phi) is 6.28. The molecule has 2 rings (SSSR count). The fraction of sp³-hybridized carbons (Fsp3) is 0.368. The van der Waals surface area contributed by atoms with Crippen molar-refractivity contribution in [3.63, 3.8) is 0 Å². The maximum atomic E-state index is 5.72. The number of hydrogen-bond acceptors (Lipinski definition) is 3. The van der Waals surface area contributed by atoms with Gasteiger partial charge in [0.2, 0.25) is 0 Å². The smallest absolute Gasteiger partial charge is 0.122 e. The molecular weight excluding hydrogens is 274 g/mol. The van der Waals surface area contributed by atoms with E-state index in [0.29, 0.717) is 0 Å². The van der Waals surface area contributed by atoms with Gasteiger partial charge in [0.1, 0.15) is 11.5 Å². The molecule has 0 radical (unpaired) electrons. The van der Waals surface area contributed by atoms with E-state index >= 15 is 0 Å². The highest BCUT2D eigenvalue weighted by Gasteiger charge is 2.02. The zero-order chi connectivity index (χ0) is 15.8. The second kappa shape index (κ2) is 8.44. The van der Waals surface area contributed by atoms with Gasteiger partial charge in [-0.2, -0.15) is 0 Å². The van der Waals surface area contributed by atoms with Crippen LogP contribution in [-0.4, -0.2) is 19.8 Å². The highest BCUT2D eigenvalue weighted by Crippen LogP contribution is 2.17. The lowest BCUT2D eigenvalue weighted by molar-refractivity contribution is 0.242. The molecule has 118 valence electrons. The monoisotopic (exact) mass is 299 g/mol. The number of methoxy groups -OCH3 is 1. The van der Waals surface area contributed by atoms with E-state index < -0.39 is 0 Å². The Balaban J connectivity index is 1.81. The third-order valence-electron chi connectivity index (χ3n) is 3.36. The number of hydrogen-bond donors (Lipinski definition) is 1. The summed E-state index contributed by atoms with van der Waals surface area (Å²) in [6.07, 6.45) is 1.15. The molecule has 0 aliphatic heterocycles. The van der Waals surface area contributed by atoms with Gasteiger partial charge >= 0.3 is 0 Å². The molecule has 0 fully saturated rings. The average Bonchev–Trinajstić information content (AvgIpc) is 2.51. The van der Waals surface area contributed by atoms with E-state index in [0.717, 1.165) is 31.0 Å². The summed E-state index contributed by atoms with van der Waals surface area (Å²) in [7, 11) is 1.71. The number of rotatable bonds is 8. The normalized spacial score (nSPS) is 10.7. The Bertz CT molecular complexity index is 581. The molecule has 2 aromatic carbocycles. The molecule has 3 heteroatoms. The fourth-order valence-electron chi connectivity index (χ4n) is 2.37. The first kappa shape index (κ1) is 16.4. The first-order valence-corrected chi connectivity index (χ1v) is 7.77. The summed E-state index contributed by atoms with van der Waals surface area (Å²) in [4.78, 5) is 0. The summed E-state index contributed by atoms with van der Waals surface area (Å²) >= 11 is 0. The minimum atomic E-state index is 0.203. The quantitative estimate of drug-likeness (QED) is 0.752. The van der Waals surface area contributed by atoms with E-state index in [2.05, 4.69) is 23.5 Å². The van der Waals surface area contributed by atoms with Crippen LogP contribution in [0.25, 0.3) is 0 Å². The van der Waals surface area contributed by atoms with Gasteiger partial charge in [-0.15, -0.1) is 0 Å². The lowest BCUT2D eigenvalue weighted by atomic mass is 10.1.